The summed E-state index contributed by atoms with van der Waals surface area (Å²) in [5.41, 5.74) is 2.60. The Labute approximate surface area is 196 Å². The highest BCUT2D eigenvalue weighted by Crippen LogP contribution is 2.26. The van der Waals surface area contributed by atoms with Gasteiger partial charge in [-0.15, -0.1) is 0 Å². The summed E-state index contributed by atoms with van der Waals surface area (Å²) in [4.78, 5) is 38.6. The number of carbonyl (C=O) groups excluding carboxylic acids is 3. The van der Waals surface area contributed by atoms with Gasteiger partial charge in [-0.1, -0.05) is 45.4 Å². The van der Waals surface area contributed by atoms with Gasteiger partial charge in [0.1, 0.15) is 5.82 Å². The molecule has 0 radical (unpaired) electrons. The Morgan fingerprint density at radius 3 is 2.33 bits per heavy atom. The summed E-state index contributed by atoms with van der Waals surface area (Å²) in [6.07, 6.45) is 0.721. The van der Waals surface area contributed by atoms with Crippen molar-refractivity contribution in [1.29, 1.82) is 0 Å². The average Bonchev–Trinajstić information content (AvgIpc) is 3.16. The van der Waals surface area contributed by atoms with Gasteiger partial charge in [-0.05, 0) is 32.4 Å². The summed E-state index contributed by atoms with van der Waals surface area (Å²) < 4.78 is 6.60. The molecule has 1 aromatic carbocycles. The maximum absolute atomic E-state index is 12.9. The first-order valence-corrected chi connectivity index (χ1v) is 11.5. The summed E-state index contributed by atoms with van der Waals surface area (Å²) in [5, 5.41) is 7.64. The number of rotatable bonds is 10. The van der Waals surface area contributed by atoms with E-state index in [4.69, 9.17) is 9.84 Å². The molecule has 0 spiro atoms. The summed E-state index contributed by atoms with van der Waals surface area (Å²) in [6, 6.07) is 9.75. The molecule has 0 aliphatic heterocycles. The van der Waals surface area contributed by atoms with Crippen molar-refractivity contribution in [2.75, 3.05) is 25.0 Å². The van der Waals surface area contributed by atoms with Crippen LogP contribution in [-0.2, 0) is 24.5 Å². The van der Waals surface area contributed by atoms with Gasteiger partial charge in [0.25, 0.3) is 0 Å². The molecule has 8 nitrogen and oxygen atoms in total. The molecule has 1 heterocycles. The Kier molecular flexibility index (Phi) is 9.20. The van der Waals surface area contributed by atoms with E-state index >= 15 is 0 Å². The lowest BCUT2D eigenvalue weighted by Gasteiger charge is -2.21. The highest BCUT2D eigenvalue weighted by atomic mass is 16.5. The lowest BCUT2D eigenvalue weighted by atomic mass is 9.92. The van der Waals surface area contributed by atoms with Crippen molar-refractivity contribution in [1.82, 2.24) is 14.7 Å². The molecule has 2 rings (SSSR count). The van der Waals surface area contributed by atoms with E-state index in [0.29, 0.717) is 18.8 Å². The molecule has 0 atom stereocenters. The van der Waals surface area contributed by atoms with Crippen molar-refractivity contribution in [3.8, 4) is 5.69 Å². The van der Waals surface area contributed by atoms with E-state index in [9.17, 15) is 14.4 Å². The standard InChI is InChI=1S/C25H36N4O4/c1-7-15-28(23(31)13-14-24(32)33-8-2)17-22(30)26-21-16-20(25(4,5)6)27-29(21)19-11-9-18(3)10-12-19/h9-12,16H,7-8,13-15,17H2,1-6H3,(H,26,30). The zero-order chi connectivity index (χ0) is 24.6. The molecule has 1 N–H and O–H groups in total. The second-order valence-electron chi connectivity index (χ2n) is 9.08. The van der Waals surface area contributed by atoms with Crippen molar-refractivity contribution in [3.63, 3.8) is 0 Å². The minimum absolute atomic E-state index is 0.00361. The second kappa shape index (κ2) is 11.6. The third-order valence-electron chi connectivity index (χ3n) is 5.05. The van der Waals surface area contributed by atoms with Crippen LogP contribution in [-0.4, -0.2) is 52.2 Å². The van der Waals surface area contributed by atoms with Crippen LogP contribution >= 0.6 is 0 Å². The number of carbonyl (C=O) groups is 3. The zero-order valence-corrected chi connectivity index (χ0v) is 20.6. The third kappa shape index (κ3) is 7.73. The fourth-order valence-electron chi connectivity index (χ4n) is 3.24. The molecule has 1 aromatic heterocycles. The predicted octanol–water partition coefficient (Wildman–Crippen LogP) is 4.00. The SMILES string of the molecule is CCCN(CC(=O)Nc1cc(C(C)(C)C)nn1-c1ccc(C)cc1)C(=O)CCC(=O)OCC. The third-order valence-corrected chi connectivity index (χ3v) is 5.05. The highest BCUT2D eigenvalue weighted by molar-refractivity contribution is 5.94. The van der Waals surface area contributed by atoms with E-state index in [1.165, 1.54) is 4.90 Å². The maximum atomic E-state index is 12.9. The smallest absolute Gasteiger partial charge is 0.306 e. The van der Waals surface area contributed by atoms with Gasteiger partial charge in [-0.25, -0.2) is 4.68 Å². The molecule has 2 aromatic rings. The molecule has 0 aliphatic carbocycles. The number of benzene rings is 1. The van der Waals surface area contributed by atoms with Gasteiger partial charge >= 0.3 is 5.97 Å². The van der Waals surface area contributed by atoms with E-state index in [1.54, 1.807) is 11.6 Å². The molecule has 0 fully saturated rings. The Balaban J connectivity index is 2.18. The molecular weight excluding hydrogens is 420 g/mol. The van der Waals surface area contributed by atoms with Crippen LogP contribution in [0, 0.1) is 6.92 Å². The van der Waals surface area contributed by atoms with Crippen molar-refractivity contribution >= 4 is 23.6 Å². The molecule has 0 unspecified atom stereocenters. The molecular formula is C25H36N4O4. The summed E-state index contributed by atoms with van der Waals surface area (Å²) in [5.74, 6) is -0.434. The van der Waals surface area contributed by atoms with E-state index in [0.717, 1.165) is 16.9 Å². The van der Waals surface area contributed by atoms with Crippen LogP contribution in [0.5, 0.6) is 0 Å². The van der Waals surface area contributed by atoms with E-state index < -0.39 is 5.97 Å². The lowest BCUT2D eigenvalue weighted by Crippen LogP contribution is -2.39. The number of anilines is 1. The number of amides is 2. The van der Waals surface area contributed by atoms with Crippen LogP contribution < -0.4 is 5.32 Å². The summed E-state index contributed by atoms with van der Waals surface area (Å²) in [7, 11) is 0. The fourth-order valence-corrected chi connectivity index (χ4v) is 3.24. The number of nitrogens with one attached hydrogen (secondary N) is 1. The van der Waals surface area contributed by atoms with Gasteiger partial charge < -0.3 is 15.0 Å². The van der Waals surface area contributed by atoms with Gasteiger partial charge in [-0.2, -0.15) is 5.10 Å². The van der Waals surface area contributed by atoms with E-state index in [1.807, 2.05) is 44.2 Å². The number of hydrogen-bond acceptors (Lipinski definition) is 5. The van der Waals surface area contributed by atoms with Gasteiger partial charge in [-0.3, -0.25) is 14.4 Å². The van der Waals surface area contributed by atoms with Crippen molar-refractivity contribution in [3.05, 3.63) is 41.6 Å². The first-order valence-electron chi connectivity index (χ1n) is 11.5. The average molecular weight is 457 g/mol. The monoisotopic (exact) mass is 456 g/mol. The quantitative estimate of drug-likeness (QED) is 0.546. The van der Waals surface area contributed by atoms with Crippen molar-refractivity contribution in [2.24, 2.45) is 0 Å². The lowest BCUT2D eigenvalue weighted by molar-refractivity contribution is -0.145. The topological polar surface area (TPSA) is 93.5 Å². The molecule has 2 amide bonds. The molecule has 0 aliphatic rings. The molecule has 0 saturated heterocycles. The molecule has 8 heteroatoms. The largest absolute Gasteiger partial charge is 0.466 e. The van der Waals surface area contributed by atoms with Crippen molar-refractivity contribution < 1.29 is 19.1 Å². The number of esters is 1. The molecule has 0 saturated carbocycles. The Hall–Kier alpha value is -3.16. The van der Waals surface area contributed by atoms with E-state index in [2.05, 4.69) is 26.1 Å². The number of aromatic nitrogens is 2. The number of ether oxygens (including phenoxy) is 1. The number of nitrogens with zero attached hydrogens (tertiary/aromatic N) is 3. The fraction of sp³-hybridized carbons (Fsp3) is 0.520. The van der Waals surface area contributed by atoms with Crippen LogP contribution in [0.1, 0.15) is 65.1 Å². The normalized spacial score (nSPS) is 11.2. The second-order valence-corrected chi connectivity index (χ2v) is 9.08. The van der Waals surface area contributed by atoms with Crippen LogP contribution in [0.2, 0.25) is 0 Å². The van der Waals surface area contributed by atoms with Crippen LogP contribution in [0.25, 0.3) is 5.69 Å². The minimum atomic E-state index is -0.413. The van der Waals surface area contributed by atoms with Crippen LogP contribution in [0.3, 0.4) is 0 Å². The Morgan fingerprint density at radius 2 is 1.76 bits per heavy atom. The highest BCUT2D eigenvalue weighted by Gasteiger charge is 2.23. The minimum Gasteiger partial charge on any atom is -0.466 e. The number of aryl methyl sites for hydroxylation is 1. The van der Waals surface area contributed by atoms with Gasteiger partial charge in [0.05, 0.1) is 31.0 Å². The van der Waals surface area contributed by atoms with E-state index in [-0.39, 0.29) is 43.2 Å². The Bertz CT molecular complexity index is 958. The molecule has 33 heavy (non-hydrogen) atoms. The van der Waals surface area contributed by atoms with Crippen molar-refractivity contribution in [2.45, 2.75) is 66.2 Å². The Morgan fingerprint density at radius 1 is 1.09 bits per heavy atom. The predicted molar refractivity (Wildman–Crippen MR) is 128 cm³/mol. The maximum Gasteiger partial charge on any atom is 0.306 e. The van der Waals surface area contributed by atoms with Gasteiger partial charge in [0.2, 0.25) is 11.8 Å². The van der Waals surface area contributed by atoms with Gasteiger partial charge in [0.15, 0.2) is 0 Å². The first-order chi connectivity index (χ1) is 15.5. The van der Waals surface area contributed by atoms with Crippen LogP contribution in [0.15, 0.2) is 30.3 Å². The number of hydrogen-bond donors (Lipinski definition) is 1. The zero-order valence-electron chi connectivity index (χ0n) is 20.6. The molecule has 180 valence electrons. The summed E-state index contributed by atoms with van der Waals surface area (Å²) >= 11 is 0. The summed E-state index contributed by atoms with van der Waals surface area (Å²) in [6.45, 7) is 12.5. The van der Waals surface area contributed by atoms with Crippen LogP contribution in [0.4, 0.5) is 5.82 Å². The van der Waals surface area contributed by atoms with Gasteiger partial charge in [0, 0.05) is 24.4 Å². The molecule has 0 bridgehead atoms. The first kappa shape index (κ1) is 26.1.